The Morgan fingerprint density at radius 1 is 1.03 bits per heavy atom. The number of pyridine rings is 1. The van der Waals surface area contributed by atoms with Crippen molar-refractivity contribution in [1.82, 2.24) is 4.98 Å². The number of nitrogens with zero attached hydrogens (tertiary/aromatic N) is 3. The minimum atomic E-state index is -4.01. The summed E-state index contributed by atoms with van der Waals surface area (Å²) < 4.78 is 35.8. The van der Waals surface area contributed by atoms with E-state index in [1.54, 1.807) is 4.90 Å². The molecule has 1 saturated carbocycles. The van der Waals surface area contributed by atoms with Crippen molar-refractivity contribution in [1.29, 1.82) is 0 Å². The molecule has 2 aromatic rings. The summed E-state index contributed by atoms with van der Waals surface area (Å²) >= 11 is 0. The molecule has 0 bridgehead atoms. The van der Waals surface area contributed by atoms with Gasteiger partial charge in [0.2, 0.25) is 33.6 Å². The van der Waals surface area contributed by atoms with E-state index in [9.17, 15) is 18.0 Å². The maximum atomic E-state index is 13.2. The summed E-state index contributed by atoms with van der Waals surface area (Å²) in [5.41, 5.74) is 0.722. The molecule has 1 aliphatic carbocycles. The lowest BCUT2D eigenvalue weighted by atomic mass is 10.1. The third kappa shape index (κ3) is 5.81. The Kier molecular flexibility index (Phi) is 7.57. The smallest absolute Gasteiger partial charge is 0.242 e. The van der Waals surface area contributed by atoms with Crippen LogP contribution in [0.1, 0.15) is 32.6 Å². The number of hydrogen-bond acceptors (Lipinski definition) is 7. The normalized spacial score (nSPS) is 14.3. The highest BCUT2D eigenvalue weighted by Crippen LogP contribution is 2.37. The number of amides is 2. The number of hydrogen-bond donors (Lipinski definition) is 0. The molecule has 1 aliphatic rings. The number of carbonyl (C=O) groups excluding carboxylic acids is 2. The van der Waals surface area contributed by atoms with Crippen LogP contribution in [0, 0.1) is 5.92 Å². The summed E-state index contributed by atoms with van der Waals surface area (Å²) in [6.45, 7) is 2.00. The van der Waals surface area contributed by atoms with Gasteiger partial charge in [0, 0.05) is 30.6 Å². The third-order valence-electron chi connectivity index (χ3n) is 5.56. The molecule has 1 aromatic carbocycles. The van der Waals surface area contributed by atoms with Crippen molar-refractivity contribution in [2.75, 3.05) is 29.7 Å². The largest absolute Gasteiger partial charge is 0.481 e. The van der Waals surface area contributed by atoms with Crippen molar-refractivity contribution in [3.8, 4) is 11.8 Å². The van der Waals surface area contributed by atoms with E-state index >= 15 is 0 Å². The van der Waals surface area contributed by atoms with Gasteiger partial charge in [-0.1, -0.05) is 18.2 Å². The average Bonchev–Trinajstić information content (AvgIpc) is 3.63. The van der Waals surface area contributed by atoms with Gasteiger partial charge in [0.1, 0.15) is 5.69 Å². The quantitative estimate of drug-likeness (QED) is 0.520. The third-order valence-corrected chi connectivity index (χ3v) is 6.62. The van der Waals surface area contributed by atoms with Gasteiger partial charge in [-0.2, -0.15) is 4.98 Å². The van der Waals surface area contributed by atoms with Gasteiger partial charge in [0.25, 0.3) is 0 Å². The number of ether oxygens (including phenoxy) is 2. The summed E-state index contributed by atoms with van der Waals surface area (Å²) in [4.78, 5) is 32.0. The minimum Gasteiger partial charge on any atom is -0.481 e. The highest BCUT2D eigenvalue weighted by Gasteiger charge is 2.36. The average molecular weight is 476 g/mol. The van der Waals surface area contributed by atoms with Crippen molar-refractivity contribution >= 4 is 33.2 Å². The van der Waals surface area contributed by atoms with E-state index in [1.165, 1.54) is 26.4 Å². The zero-order chi connectivity index (χ0) is 24.2. The van der Waals surface area contributed by atoms with Crippen LogP contribution in [0.4, 0.5) is 11.4 Å². The molecule has 1 aromatic heterocycles. The second-order valence-corrected chi connectivity index (χ2v) is 9.81. The number of carbonyl (C=O) groups is 2. The van der Waals surface area contributed by atoms with Crippen LogP contribution in [-0.2, 0) is 19.6 Å². The molecule has 9 nitrogen and oxygen atoms in total. The predicted octanol–water partition coefficient (Wildman–Crippen LogP) is 3.00. The lowest BCUT2D eigenvalue weighted by Gasteiger charge is -2.30. The van der Waals surface area contributed by atoms with E-state index in [2.05, 4.69) is 4.98 Å². The summed E-state index contributed by atoms with van der Waals surface area (Å²) in [6, 6.07) is 12.1. The van der Waals surface area contributed by atoms with E-state index in [4.69, 9.17) is 9.47 Å². The number of sulfonamides is 1. The molecule has 0 spiro atoms. The first-order chi connectivity index (χ1) is 15.7. The van der Waals surface area contributed by atoms with Gasteiger partial charge in [0.15, 0.2) is 0 Å². The Morgan fingerprint density at radius 3 is 2.21 bits per heavy atom. The Hall–Kier alpha value is -3.14. The Labute approximate surface area is 194 Å². The maximum Gasteiger partial charge on any atom is 0.242 e. The van der Waals surface area contributed by atoms with Gasteiger partial charge in [-0.15, -0.1) is 0 Å². The van der Waals surface area contributed by atoms with Gasteiger partial charge >= 0.3 is 0 Å². The highest BCUT2D eigenvalue weighted by atomic mass is 32.2. The van der Waals surface area contributed by atoms with Gasteiger partial charge in [-0.05, 0) is 43.9 Å². The summed E-state index contributed by atoms with van der Waals surface area (Å²) in [5, 5.41) is 0. The second kappa shape index (κ2) is 10.2. The molecule has 178 valence electrons. The Bertz CT molecular complexity index is 1100. The summed E-state index contributed by atoms with van der Waals surface area (Å²) in [6.07, 6.45) is 2.61. The number of benzene rings is 1. The lowest BCUT2D eigenvalue weighted by molar-refractivity contribution is -0.123. The van der Waals surface area contributed by atoms with Gasteiger partial charge in [-0.3, -0.25) is 9.59 Å². The SMILES string of the molecule is COc1ccc(N(C(=O)CCC(=O)N(c2ccccc2)C(C)C2CC2)S(C)(=O)=O)c(OC)n1. The molecule has 0 radical (unpaired) electrons. The van der Waals surface area contributed by atoms with Gasteiger partial charge in [-0.25, -0.2) is 12.7 Å². The number of rotatable bonds is 10. The molecule has 10 heteroatoms. The van der Waals surface area contributed by atoms with Crippen LogP contribution in [0.25, 0.3) is 0 Å². The van der Waals surface area contributed by atoms with Crippen LogP contribution < -0.4 is 18.7 Å². The fourth-order valence-electron chi connectivity index (χ4n) is 3.75. The van der Waals surface area contributed by atoms with Crippen molar-refractivity contribution < 1.29 is 27.5 Å². The molecule has 1 unspecified atom stereocenters. The molecule has 0 aliphatic heterocycles. The second-order valence-electron chi connectivity index (χ2n) is 7.98. The van der Waals surface area contributed by atoms with Crippen molar-refractivity contribution in [2.45, 2.75) is 38.6 Å². The van der Waals surface area contributed by atoms with E-state index in [0.29, 0.717) is 10.2 Å². The predicted molar refractivity (Wildman–Crippen MR) is 125 cm³/mol. The Morgan fingerprint density at radius 2 is 1.67 bits per heavy atom. The van der Waals surface area contributed by atoms with Crippen LogP contribution in [0.15, 0.2) is 42.5 Å². The lowest BCUT2D eigenvalue weighted by Crippen LogP contribution is -2.41. The monoisotopic (exact) mass is 475 g/mol. The molecule has 1 atom stereocenters. The number of aromatic nitrogens is 1. The van der Waals surface area contributed by atoms with Gasteiger partial charge in [0.05, 0.1) is 20.5 Å². The number of methoxy groups -OCH3 is 2. The number of anilines is 2. The molecule has 33 heavy (non-hydrogen) atoms. The summed E-state index contributed by atoms with van der Waals surface area (Å²) in [7, 11) is -1.28. The van der Waals surface area contributed by atoms with Crippen molar-refractivity contribution in [2.24, 2.45) is 5.92 Å². The first-order valence-corrected chi connectivity index (χ1v) is 12.5. The first kappa shape index (κ1) is 24.5. The summed E-state index contributed by atoms with van der Waals surface area (Å²) in [5.74, 6) is -0.426. The van der Waals surface area contributed by atoms with E-state index in [0.717, 1.165) is 24.8 Å². The fraction of sp³-hybridized carbons (Fsp3) is 0.435. The molecule has 3 rings (SSSR count). The molecular formula is C23H29N3O6S. The van der Waals surface area contributed by atoms with Crippen LogP contribution in [-0.4, -0.2) is 51.7 Å². The van der Waals surface area contributed by atoms with E-state index < -0.39 is 15.9 Å². The highest BCUT2D eigenvalue weighted by molar-refractivity contribution is 7.92. The molecule has 0 N–H and O–H groups in total. The zero-order valence-electron chi connectivity index (χ0n) is 19.2. The standard InChI is InChI=1S/C23H29N3O6S/c1-16(17-10-11-17)25(18-8-6-5-7-9-18)21(27)14-15-22(28)26(33(4,29)30)19-12-13-20(31-2)24-23(19)32-3/h5-9,12-13,16-17H,10-11,14-15H2,1-4H3. The molecular weight excluding hydrogens is 446 g/mol. The zero-order valence-corrected chi connectivity index (χ0v) is 20.0. The van der Waals surface area contributed by atoms with E-state index in [1.807, 2.05) is 37.3 Å². The molecule has 0 saturated heterocycles. The first-order valence-electron chi connectivity index (χ1n) is 10.7. The van der Waals surface area contributed by atoms with Gasteiger partial charge < -0.3 is 14.4 Å². The molecule has 1 fully saturated rings. The van der Waals surface area contributed by atoms with Crippen LogP contribution in [0.2, 0.25) is 0 Å². The van der Waals surface area contributed by atoms with Crippen molar-refractivity contribution in [3.05, 3.63) is 42.5 Å². The van der Waals surface area contributed by atoms with Crippen molar-refractivity contribution in [3.63, 3.8) is 0 Å². The van der Waals surface area contributed by atoms with Crippen LogP contribution in [0.3, 0.4) is 0 Å². The number of para-hydroxylation sites is 1. The van der Waals surface area contributed by atoms with Crippen LogP contribution >= 0.6 is 0 Å². The maximum absolute atomic E-state index is 13.2. The van der Waals surface area contributed by atoms with E-state index in [-0.39, 0.29) is 42.2 Å². The Balaban J connectivity index is 1.82. The topological polar surface area (TPSA) is 106 Å². The fourth-order valence-corrected chi connectivity index (χ4v) is 4.71. The molecule has 2 amide bonds. The minimum absolute atomic E-state index is 0.00750. The molecule has 1 heterocycles. The van der Waals surface area contributed by atoms with Crippen LogP contribution in [0.5, 0.6) is 11.8 Å².